The van der Waals surface area contributed by atoms with Crippen molar-refractivity contribution >= 4 is 18.1 Å². The topological polar surface area (TPSA) is 24.5 Å². The molecule has 130 valence electrons. The zero-order valence-corrected chi connectivity index (χ0v) is 15.5. The number of hydrogen-bond donors (Lipinski definition) is 1. The van der Waals surface area contributed by atoms with E-state index in [2.05, 4.69) is 59.6 Å². The van der Waals surface area contributed by atoms with Crippen molar-refractivity contribution in [3.05, 3.63) is 59.2 Å². The Labute approximate surface area is 151 Å². The fraction of sp³-hybridized carbons (Fsp3) is 0.400. The van der Waals surface area contributed by atoms with Crippen molar-refractivity contribution in [2.24, 2.45) is 0 Å². The first-order valence-corrected chi connectivity index (χ1v) is 8.39. The van der Waals surface area contributed by atoms with Crippen LogP contribution in [0.25, 0.3) is 0 Å². The molecule has 1 atom stereocenters. The molecule has 4 heteroatoms. The Kier molecular flexibility index (Phi) is 6.52. The molecule has 0 saturated carbocycles. The molecule has 0 spiro atoms. The van der Waals surface area contributed by atoms with E-state index in [9.17, 15) is 0 Å². The van der Waals surface area contributed by atoms with Gasteiger partial charge in [0, 0.05) is 31.9 Å². The van der Waals surface area contributed by atoms with Crippen LogP contribution in [0.4, 0.5) is 5.69 Å². The van der Waals surface area contributed by atoms with Gasteiger partial charge in [0.1, 0.15) is 5.75 Å². The van der Waals surface area contributed by atoms with Gasteiger partial charge in [0.25, 0.3) is 0 Å². The lowest BCUT2D eigenvalue weighted by atomic mass is 9.93. The van der Waals surface area contributed by atoms with Crippen LogP contribution < -0.4 is 10.1 Å². The van der Waals surface area contributed by atoms with Gasteiger partial charge in [0.05, 0.1) is 7.11 Å². The Bertz CT molecular complexity index is 657. The number of fused-ring (bicyclic) bond motifs is 1. The molecule has 2 aromatic rings. The molecule has 0 amide bonds. The van der Waals surface area contributed by atoms with Gasteiger partial charge in [-0.3, -0.25) is 4.90 Å². The Morgan fingerprint density at radius 3 is 2.58 bits per heavy atom. The summed E-state index contributed by atoms with van der Waals surface area (Å²) in [5, 5.41) is 3.17. The second kappa shape index (κ2) is 8.41. The number of ether oxygens (including phenoxy) is 1. The van der Waals surface area contributed by atoms with Crippen LogP contribution >= 0.6 is 12.4 Å². The first-order valence-electron chi connectivity index (χ1n) is 8.39. The van der Waals surface area contributed by atoms with E-state index >= 15 is 0 Å². The molecule has 1 unspecified atom stereocenters. The highest BCUT2D eigenvalue weighted by Gasteiger charge is 2.23. The summed E-state index contributed by atoms with van der Waals surface area (Å²) in [5.41, 5.74) is 5.45. The van der Waals surface area contributed by atoms with Crippen LogP contribution in [0.2, 0.25) is 0 Å². The van der Waals surface area contributed by atoms with Crippen LogP contribution in [0.5, 0.6) is 5.75 Å². The average molecular weight is 347 g/mol. The van der Waals surface area contributed by atoms with E-state index in [1.807, 2.05) is 7.05 Å². The average Bonchev–Trinajstić information content (AvgIpc) is 2.61. The number of halogens is 1. The van der Waals surface area contributed by atoms with Crippen molar-refractivity contribution < 1.29 is 4.74 Å². The fourth-order valence-corrected chi connectivity index (χ4v) is 3.40. The van der Waals surface area contributed by atoms with Crippen LogP contribution in [0, 0.1) is 0 Å². The van der Waals surface area contributed by atoms with Crippen molar-refractivity contribution in [1.29, 1.82) is 0 Å². The highest BCUT2D eigenvalue weighted by molar-refractivity contribution is 5.85. The molecule has 24 heavy (non-hydrogen) atoms. The van der Waals surface area contributed by atoms with Crippen LogP contribution in [0.3, 0.4) is 0 Å². The summed E-state index contributed by atoms with van der Waals surface area (Å²) >= 11 is 0. The molecule has 0 bridgehead atoms. The number of nitrogens with zero attached hydrogens (tertiary/aromatic N) is 1. The zero-order valence-electron chi connectivity index (χ0n) is 14.7. The third-order valence-electron chi connectivity index (χ3n) is 4.95. The smallest absolute Gasteiger partial charge is 0.119 e. The third-order valence-corrected chi connectivity index (χ3v) is 4.95. The van der Waals surface area contributed by atoms with Crippen LogP contribution in [-0.4, -0.2) is 32.1 Å². The minimum absolute atomic E-state index is 0. The summed E-state index contributed by atoms with van der Waals surface area (Å²) in [6.45, 7) is 4.54. The molecule has 0 aliphatic carbocycles. The Balaban J connectivity index is 0.00000208. The lowest BCUT2D eigenvalue weighted by Crippen LogP contribution is -2.35. The minimum Gasteiger partial charge on any atom is -0.497 e. The van der Waals surface area contributed by atoms with E-state index in [0.29, 0.717) is 6.04 Å². The standard InChI is InChI=1S/C20H26N2O.ClH/c1-15-20-9-8-19(23-3)14-17(20)11-13-22(15)12-10-16-4-6-18(21-2)7-5-16;/h4-9,14-15,21H,10-13H2,1-3H3;1H. The summed E-state index contributed by atoms with van der Waals surface area (Å²) < 4.78 is 5.35. The van der Waals surface area contributed by atoms with Gasteiger partial charge in [0.2, 0.25) is 0 Å². The number of hydrogen-bond acceptors (Lipinski definition) is 3. The van der Waals surface area contributed by atoms with E-state index in [-0.39, 0.29) is 12.4 Å². The maximum absolute atomic E-state index is 5.35. The number of benzene rings is 2. The largest absolute Gasteiger partial charge is 0.497 e. The molecule has 2 aromatic carbocycles. The number of anilines is 1. The molecule has 0 saturated heterocycles. The maximum atomic E-state index is 5.35. The van der Waals surface area contributed by atoms with Gasteiger partial charge in [-0.15, -0.1) is 12.4 Å². The molecule has 1 aliphatic rings. The molecule has 0 radical (unpaired) electrons. The molecular formula is C20H27ClN2O. The SMILES string of the molecule is CNc1ccc(CCN2CCc3cc(OC)ccc3C2C)cc1.Cl. The zero-order chi connectivity index (χ0) is 16.2. The number of rotatable bonds is 5. The number of nitrogens with one attached hydrogen (secondary N) is 1. The lowest BCUT2D eigenvalue weighted by Gasteiger charge is -2.35. The Morgan fingerprint density at radius 1 is 1.17 bits per heavy atom. The first-order chi connectivity index (χ1) is 11.2. The van der Waals surface area contributed by atoms with E-state index in [4.69, 9.17) is 4.74 Å². The molecule has 1 heterocycles. The van der Waals surface area contributed by atoms with Crippen LogP contribution in [0.15, 0.2) is 42.5 Å². The predicted molar refractivity (Wildman–Crippen MR) is 104 cm³/mol. The number of methoxy groups -OCH3 is 1. The molecule has 3 nitrogen and oxygen atoms in total. The van der Waals surface area contributed by atoms with Crippen molar-refractivity contribution in [3.8, 4) is 5.75 Å². The van der Waals surface area contributed by atoms with Crippen LogP contribution in [-0.2, 0) is 12.8 Å². The summed E-state index contributed by atoms with van der Waals surface area (Å²) in [7, 11) is 3.69. The quantitative estimate of drug-likeness (QED) is 0.872. The van der Waals surface area contributed by atoms with E-state index < -0.39 is 0 Å². The highest BCUT2D eigenvalue weighted by Crippen LogP contribution is 2.31. The summed E-state index contributed by atoms with van der Waals surface area (Å²) in [6, 6.07) is 15.7. The Morgan fingerprint density at radius 2 is 1.92 bits per heavy atom. The third kappa shape index (κ3) is 4.03. The molecule has 3 rings (SSSR count). The van der Waals surface area contributed by atoms with E-state index in [1.165, 1.54) is 22.4 Å². The monoisotopic (exact) mass is 346 g/mol. The summed E-state index contributed by atoms with van der Waals surface area (Å²) in [6.07, 6.45) is 2.20. The van der Waals surface area contributed by atoms with Gasteiger partial charge >= 0.3 is 0 Å². The summed E-state index contributed by atoms with van der Waals surface area (Å²) in [5.74, 6) is 0.967. The van der Waals surface area contributed by atoms with E-state index in [1.54, 1.807) is 7.11 Å². The van der Waals surface area contributed by atoms with Crippen molar-refractivity contribution in [2.45, 2.75) is 25.8 Å². The first kappa shape index (κ1) is 18.6. The van der Waals surface area contributed by atoms with Gasteiger partial charge in [0.15, 0.2) is 0 Å². The fourth-order valence-electron chi connectivity index (χ4n) is 3.40. The van der Waals surface area contributed by atoms with Gasteiger partial charge in [-0.05, 0) is 60.7 Å². The summed E-state index contributed by atoms with van der Waals surface area (Å²) in [4.78, 5) is 2.58. The second-order valence-electron chi connectivity index (χ2n) is 6.22. The molecule has 0 aromatic heterocycles. The van der Waals surface area contributed by atoms with Crippen molar-refractivity contribution in [2.75, 3.05) is 32.6 Å². The predicted octanol–water partition coefficient (Wildman–Crippen LogP) is 4.32. The second-order valence-corrected chi connectivity index (χ2v) is 6.22. The van der Waals surface area contributed by atoms with Gasteiger partial charge in [-0.25, -0.2) is 0 Å². The van der Waals surface area contributed by atoms with Crippen molar-refractivity contribution in [3.63, 3.8) is 0 Å². The molecule has 1 N–H and O–H groups in total. The molecule has 0 fully saturated rings. The van der Waals surface area contributed by atoms with E-state index in [0.717, 1.165) is 31.7 Å². The molecule has 1 aliphatic heterocycles. The van der Waals surface area contributed by atoms with Gasteiger partial charge in [-0.2, -0.15) is 0 Å². The normalized spacial score (nSPS) is 16.9. The maximum Gasteiger partial charge on any atom is 0.119 e. The lowest BCUT2D eigenvalue weighted by molar-refractivity contribution is 0.201. The van der Waals surface area contributed by atoms with Gasteiger partial charge < -0.3 is 10.1 Å². The van der Waals surface area contributed by atoms with Crippen LogP contribution in [0.1, 0.15) is 29.7 Å². The Hall–Kier alpha value is -1.71. The van der Waals surface area contributed by atoms with Crippen molar-refractivity contribution in [1.82, 2.24) is 4.90 Å². The highest BCUT2D eigenvalue weighted by atomic mass is 35.5. The molecular weight excluding hydrogens is 320 g/mol. The minimum atomic E-state index is 0. The van der Waals surface area contributed by atoms with Gasteiger partial charge in [-0.1, -0.05) is 18.2 Å².